The summed E-state index contributed by atoms with van der Waals surface area (Å²) in [4.78, 5) is 52.2. The summed E-state index contributed by atoms with van der Waals surface area (Å²) >= 11 is 24.7. The molecule has 35 heavy (non-hydrogen) atoms. The van der Waals surface area contributed by atoms with Gasteiger partial charge in [-0.15, -0.1) is 23.2 Å². The molecule has 6 atom stereocenters. The summed E-state index contributed by atoms with van der Waals surface area (Å²) in [6.07, 6.45) is 0.665. The van der Waals surface area contributed by atoms with Crippen LogP contribution in [0, 0.1) is 23.7 Å². The number of amides is 3. The zero-order valence-corrected chi connectivity index (χ0v) is 20.9. The molecule has 0 radical (unpaired) electrons. The average molecular weight is 556 g/mol. The lowest BCUT2D eigenvalue weighted by Crippen LogP contribution is -2.37. The van der Waals surface area contributed by atoms with Gasteiger partial charge in [0.25, 0.3) is 5.91 Å². The quantitative estimate of drug-likeness (QED) is 0.326. The molecule has 3 aliphatic rings. The third-order valence-corrected chi connectivity index (χ3v) is 8.73. The molecular weight excluding hydrogens is 538 g/mol. The van der Waals surface area contributed by atoms with Crippen LogP contribution in [0.2, 0.25) is 10.0 Å². The van der Waals surface area contributed by atoms with Gasteiger partial charge in [-0.3, -0.25) is 19.3 Å². The number of imide groups is 1. The predicted octanol–water partition coefficient (Wildman–Crippen LogP) is 4.76. The van der Waals surface area contributed by atoms with Crippen molar-refractivity contribution in [1.29, 1.82) is 0 Å². The van der Waals surface area contributed by atoms with Gasteiger partial charge in [-0.1, -0.05) is 29.3 Å². The standard InChI is InChI=1S/C24H18Cl4N2O5/c25-11-4-5-16(15(26)7-11)29-17(31)9-35-24(34)10-2-1-3-12(6-10)30-22(32)18-13-8-14(19(18)23(30)33)21(28)20(13)27/h1-7,13-14,18-21H,8-9H2,(H,29,31)/t13-,14-,18-,19+,20-,21+/m1/s1. The Balaban J connectivity index is 1.26. The SMILES string of the molecule is O=C(COC(=O)c1cccc(N2C(=O)[C@@H]3[C@H]4C[C@@H]([C@H](Cl)[C@@H]4Cl)[C@@H]3C2=O)c1)Nc1ccc(Cl)cc1Cl. The number of hydrogen-bond donors (Lipinski definition) is 1. The Morgan fingerprint density at radius 3 is 2.26 bits per heavy atom. The van der Waals surface area contributed by atoms with E-state index in [2.05, 4.69) is 5.32 Å². The summed E-state index contributed by atoms with van der Waals surface area (Å²) in [7, 11) is 0. The van der Waals surface area contributed by atoms with E-state index in [-0.39, 0.29) is 50.7 Å². The lowest BCUT2D eigenvalue weighted by atomic mass is 9.80. The lowest BCUT2D eigenvalue weighted by molar-refractivity contribution is -0.123. The van der Waals surface area contributed by atoms with Gasteiger partial charge in [0.2, 0.25) is 11.8 Å². The minimum absolute atomic E-state index is 0.0888. The fourth-order valence-electron chi connectivity index (χ4n) is 5.37. The number of halogens is 4. The summed E-state index contributed by atoms with van der Waals surface area (Å²) < 4.78 is 5.10. The third kappa shape index (κ3) is 4.18. The fraction of sp³-hybridized carbons (Fsp3) is 0.333. The molecule has 3 fully saturated rings. The van der Waals surface area contributed by atoms with Crippen molar-refractivity contribution < 1.29 is 23.9 Å². The molecule has 2 bridgehead atoms. The van der Waals surface area contributed by atoms with Gasteiger partial charge in [-0.2, -0.15) is 0 Å². The molecule has 2 aromatic rings. The minimum atomic E-state index is -0.787. The third-order valence-electron chi connectivity index (χ3n) is 6.87. The summed E-state index contributed by atoms with van der Waals surface area (Å²) in [6, 6.07) is 10.5. The van der Waals surface area contributed by atoms with E-state index in [0.717, 1.165) is 4.90 Å². The van der Waals surface area contributed by atoms with Gasteiger partial charge in [0, 0.05) is 5.02 Å². The Kier molecular flexibility index (Phi) is 6.46. The van der Waals surface area contributed by atoms with Crippen molar-refractivity contribution in [3.63, 3.8) is 0 Å². The number of alkyl halides is 2. The Morgan fingerprint density at radius 1 is 0.971 bits per heavy atom. The largest absolute Gasteiger partial charge is 0.452 e. The Morgan fingerprint density at radius 2 is 1.63 bits per heavy atom. The van der Waals surface area contributed by atoms with Crippen LogP contribution in [0.4, 0.5) is 11.4 Å². The maximum Gasteiger partial charge on any atom is 0.338 e. The number of rotatable bonds is 5. The average Bonchev–Trinajstić information content (AvgIpc) is 3.44. The van der Waals surface area contributed by atoms with Crippen molar-refractivity contribution in [3.05, 3.63) is 58.1 Å². The highest BCUT2D eigenvalue weighted by Gasteiger charge is 2.66. The topological polar surface area (TPSA) is 92.8 Å². The molecule has 7 nitrogen and oxygen atoms in total. The van der Waals surface area contributed by atoms with Crippen LogP contribution < -0.4 is 10.2 Å². The molecule has 0 unspecified atom stereocenters. The molecule has 3 amide bonds. The number of nitrogens with one attached hydrogen (secondary N) is 1. The van der Waals surface area contributed by atoms with Crippen molar-refractivity contribution in [2.75, 3.05) is 16.8 Å². The van der Waals surface area contributed by atoms with E-state index in [9.17, 15) is 19.2 Å². The fourth-order valence-corrected chi connectivity index (χ4v) is 6.72. The van der Waals surface area contributed by atoms with E-state index in [0.29, 0.717) is 17.1 Å². The van der Waals surface area contributed by atoms with Crippen LogP contribution in [0.15, 0.2) is 42.5 Å². The van der Waals surface area contributed by atoms with Gasteiger partial charge in [-0.05, 0) is 54.7 Å². The lowest BCUT2D eigenvalue weighted by Gasteiger charge is -2.28. The predicted molar refractivity (Wildman–Crippen MR) is 132 cm³/mol. The van der Waals surface area contributed by atoms with Crippen molar-refractivity contribution in [2.24, 2.45) is 23.7 Å². The highest BCUT2D eigenvalue weighted by atomic mass is 35.5. The monoisotopic (exact) mass is 554 g/mol. The van der Waals surface area contributed by atoms with E-state index in [1.54, 1.807) is 12.1 Å². The zero-order valence-electron chi connectivity index (χ0n) is 17.9. The molecule has 2 aromatic carbocycles. The summed E-state index contributed by atoms with van der Waals surface area (Å²) in [6.45, 7) is -0.564. The molecular formula is C24H18Cl4N2O5. The Bertz CT molecular complexity index is 1220. The number of hydrogen-bond acceptors (Lipinski definition) is 5. The van der Waals surface area contributed by atoms with Crippen LogP contribution in [0.25, 0.3) is 0 Å². The number of carbonyl (C=O) groups is 4. The van der Waals surface area contributed by atoms with Gasteiger partial charge in [0.05, 0.1) is 44.6 Å². The number of esters is 1. The number of carbonyl (C=O) groups excluding carboxylic acids is 4. The van der Waals surface area contributed by atoms with E-state index < -0.39 is 30.3 Å². The number of anilines is 2. The first-order valence-corrected chi connectivity index (χ1v) is 12.5. The molecule has 11 heteroatoms. The van der Waals surface area contributed by atoms with Crippen LogP contribution in [0.3, 0.4) is 0 Å². The molecule has 1 saturated heterocycles. The Labute approximate surface area is 220 Å². The van der Waals surface area contributed by atoms with Crippen LogP contribution in [-0.2, 0) is 19.1 Å². The van der Waals surface area contributed by atoms with Crippen LogP contribution in [0.1, 0.15) is 16.8 Å². The summed E-state index contributed by atoms with van der Waals surface area (Å²) in [5.74, 6) is -3.32. The van der Waals surface area contributed by atoms with Crippen molar-refractivity contribution >= 4 is 81.5 Å². The minimum Gasteiger partial charge on any atom is -0.452 e. The molecule has 2 saturated carbocycles. The molecule has 0 spiro atoms. The van der Waals surface area contributed by atoms with E-state index in [4.69, 9.17) is 51.1 Å². The molecule has 0 aromatic heterocycles. The van der Waals surface area contributed by atoms with E-state index in [1.807, 2.05) is 0 Å². The zero-order chi connectivity index (χ0) is 25.0. The first-order chi connectivity index (χ1) is 16.7. The highest BCUT2D eigenvalue weighted by molar-refractivity contribution is 6.36. The molecule has 2 aliphatic carbocycles. The van der Waals surface area contributed by atoms with Crippen molar-refractivity contribution in [3.8, 4) is 0 Å². The normalized spacial score (nSPS) is 28.9. The van der Waals surface area contributed by atoms with Crippen molar-refractivity contribution in [1.82, 2.24) is 0 Å². The number of benzene rings is 2. The van der Waals surface area contributed by atoms with Gasteiger partial charge in [0.1, 0.15) is 0 Å². The van der Waals surface area contributed by atoms with Crippen LogP contribution in [-0.4, -0.2) is 41.1 Å². The van der Waals surface area contributed by atoms with E-state index >= 15 is 0 Å². The first-order valence-electron chi connectivity index (χ1n) is 10.9. The maximum atomic E-state index is 13.2. The summed E-state index contributed by atoms with van der Waals surface area (Å²) in [5.41, 5.74) is 0.673. The van der Waals surface area contributed by atoms with Gasteiger partial charge < -0.3 is 10.1 Å². The second kappa shape index (κ2) is 9.28. The second-order valence-electron chi connectivity index (χ2n) is 8.81. The van der Waals surface area contributed by atoms with E-state index in [1.165, 1.54) is 30.3 Å². The van der Waals surface area contributed by atoms with Crippen LogP contribution >= 0.6 is 46.4 Å². The number of nitrogens with zero attached hydrogens (tertiary/aromatic N) is 1. The smallest absolute Gasteiger partial charge is 0.338 e. The Hall–Kier alpha value is -2.32. The molecule has 1 heterocycles. The van der Waals surface area contributed by atoms with Gasteiger partial charge >= 0.3 is 5.97 Å². The van der Waals surface area contributed by atoms with Crippen LogP contribution in [0.5, 0.6) is 0 Å². The second-order valence-corrected chi connectivity index (χ2v) is 10.7. The maximum absolute atomic E-state index is 13.2. The number of ether oxygens (including phenoxy) is 1. The van der Waals surface area contributed by atoms with Gasteiger partial charge in [0.15, 0.2) is 6.61 Å². The first kappa shape index (κ1) is 24.4. The molecule has 1 aliphatic heterocycles. The number of fused-ring (bicyclic) bond motifs is 5. The molecule has 182 valence electrons. The van der Waals surface area contributed by atoms with Gasteiger partial charge in [-0.25, -0.2) is 4.79 Å². The molecule has 5 rings (SSSR count). The van der Waals surface area contributed by atoms with Crippen molar-refractivity contribution in [2.45, 2.75) is 17.2 Å². The highest BCUT2D eigenvalue weighted by Crippen LogP contribution is 2.59. The summed E-state index contributed by atoms with van der Waals surface area (Å²) in [5, 5.41) is 2.48. The molecule has 1 N–H and O–H groups in total.